The SMILES string of the molecule is CCOC(=O)C(=O)N1CCSC(c2ccccc2C)CC1. The van der Waals surface area contributed by atoms with Crippen molar-refractivity contribution in [2.75, 3.05) is 25.4 Å². The summed E-state index contributed by atoms with van der Waals surface area (Å²) in [6, 6.07) is 8.35. The highest BCUT2D eigenvalue weighted by atomic mass is 32.2. The van der Waals surface area contributed by atoms with E-state index in [1.165, 1.54) is 11.1 Å². The number of rotatable bonds is 2. The molecule has 1 amide bonds. The van der Waals surface area contributed by atoms with Gasteiger partial charge in [0.05, 0.1) is 6.61 Å². The van der Waals surface area contributed by atoms with Gasteiger partial charge in [0, 0.05) is 24.1 Å². The Balaban J connectivity index is 2.01. The van der Waals surface area contributed by atoms with Crippen LogP contribution in [0.15, 0.2) is 24.3 Å². The third-order valence-electron chi connectivity index (χ3n) is 3.61. The minimum atomic E-state index is -0.739. The Morgan fingerprint density at radius 1 is 1.33 bits per heavy atom. The topological polar surface area (TPSA) is 46.6 Å². The number of carbonyl (C=O) groups is 2. The van der Waals surface area contributed by atoms with Crippen LogP contribution in [-0.2, 0) is 14.3 Å². The quantitative estimate of drug-likeness (QED) is 0.622. The molecule has 0 radical (unpaired) electrons. The molecule has 2 rings (SSSR count). The van der Waals surface area contributed by atoms with Crippen molar-refractivity contribution in [1.82, 2.24) is 4.90 Å². The fraction of sp³-hybridized carbons (Fsp3) is 0.500. The standard InChI is InChI=1S/C16H21NO3S/c1-3-20-16(19)15(18)17-9-8-14(21-11-10-17)13-7-5-4-6-12(13)2/h4-7,14H,3,8-11H2,1-2H3. The Morgan fingerprint density at radius 3 is 2.81 bits per heavy atom. The molecule has 1 aromatic rings. The second-order valence-electron chi connectivity index (χ2n) is 5.02. The molecule has 0 aliphatic carbocycles. The number of carbonyl (C=O) groups excluding carboxylic acids is 2. The third-order valence-corrected chi connectivity index (χ3v) is 4.92. The summed E-state index contributed by atoms with van der Waals surface area (Å²) in [4.78, 5) is 25.1. The molecule has 1 saturated heterocycles. The van der Waals surface area contributed by atoms with Crippen LogP contribution in [0.4, 0.5) is 0 Å². The number of hydrogen-bond acceptors (Lipinski definition) is 4. The number of esters is 1. The molecule has 1 fully saturated rings. The molecule has 1 aromatic carbocycles. The number of aryl methyl sites for hydroxylation is 1. The average molecular weight is 307 g/mol. The van der Waals surface area contributed by atoms with E-state index in [2.05, 4.69) is 25.1 Å². The van der Waals surface area contributed by atoms with Gasteiger partial charge >= 0.3 is 11.9 Å². The lowest BCUT2D eigenvalue weighted by molar-refractivity contribution is -0.159. The molecule has 0 N–H and O–H groups in total. The van der Waals surface area contributed by atoms with Crippen LogP contribution in [0.2, 0.25) is 0 Å². The molecule has 1 heterocycles. The molecule has 0 bridgehead atoms. The minimum absolute atomic E-state index is 0.235. The highest BCUT2D eigenvalue weighted by molar-refractivity contribution is 7.99. The fourth-order valence-electron chi connectivity index (χ4n) is 2.49. The Morgan fingerprint density at radius 2 is 2.10 bits per heavy atom. The predicted octanol–water partition coefficient (Wildman–Crippen LogP) is 2.56. The van der Waals surface area contributed by atoms with Crippen LogP contribution in [0, 0.1) is 6.92 Å². The van der Waals surface area contributed by atoms with Gasteiger partial charge in [-0.25, -0.2) is 4.79 Å². The largest absolute Gasteiger partial charge is 0.459 e. The van der Waals surface area contributed by atoms with E-state index in [0.29, 0.717) is 18.3 Å². The summed E-state index contributed by atoms with van der Waals surface area (Å²) in [5.41, 5.74) is 2.60. The molecule has 4 nitrogen and oxygen atoms in total. The molecule has 114 valence electrons. The molecule has 21 heavy (non-hydrogen) atoms. The van der Waals surface area contributed by atoms with Gasteiger partial charge in [0.2, 0.25) is 0 Å². The molecule has 0 spiro atoms. The Bertz CT molecular complexity index is 518. The van der Waals surface area contributed by atoms with E-state index >= 15 is 0 Å². The van der Waals surface area contributed by atoms with Gasteiger partial charge in [0.25, 0.3) is 0 Å². The zero-order chi connectivity index (χ0) is 15.2. The van der Waals surface area contributed by atoms with Crippen molar-refractivity contribution in [2.24, 2.45) is 0 Å². The van der Waals surface area contributed by atoms with Crippen LogP contribution in [0.1, 0.15) is 29.7 Å². The molecular formula is C16H21NO3S. The lowest BCUT2D eigenvalue weighted by Crippen LogP contribution is -2.39. The van der Waals surface area contributed by atoms with E-state index in [4.69, 9.17) is 4.74 Å². The molecule has 5 heteroatoms. The number of benzene rings is 1. The fourth-order valence-corrected chi connectivity index (χ4v) is 3.82. The van der Waals surface area contributed by atoms with Crippen LogP contribution in [0.25, 0.3) is 0 Å². The maximum absolute atomic E-state index is 12.0. The normalized spacial score (nSPS) is 19.0. The van der Waals surface area contributed by atoms with Crippen LogP contribution >= 0.6 is 11.8 Å². The zero-order valence-electron chi connectivity index (χ0n) is 12.5. The number of nitrogens with zero attached hydrogens (tertiary/aromatic N) is 1. The van der Waals surface area contributed by atoms with E-state index in [1.807, 2.05) is 17.8 Å². The van der Waals surface area contributed by atoms with Crippen molar-refractivity contribution in [3.05, 3.63) is 35.4 Å². The van der Waals surface area contributed by atoms with E-state index in [-0.39, 0.29) is 6.61 Å². The first kappa shape index (κ1) is 15.9. The Kier molecular flexibility index (Phi) is 5.67. The highest BCUT2D eigenvalue weighted by Gasteiger charge is 2.27. The Labute approximate surface area is 129 Å². The molecule has 0 saturated carbocycles. The number of ether oxygens (including phenoxy) is 1. The van der Waals surface area contributed by atoms with Crippen molar-refractivity contribution in [2.45, 2.75) is 25.5 Å². The second-order valence-corrected chi connectivity index (χ2v) is 6.33. The van der Waals surface area contributed by atoms with Crippen LogP contribution < -0.4 is 0 Å². The number of thioether (sulfide) groups is 1. The lowest BCUT2D eigenvalue weighted by Gasteiger charge is -2.19. The molecule has 1 aliphatic rings. The first-order chi connectivity index (χ1) is 10.1. The van der Waals surface area contributed by atoms with Crippen molar-refractivity contribution in [3.8, 4) is 0 Å². The number of hydrogen-bond donors (Lipinski definition) is 0. The van der Waals surface area contributed by atoms with E-state index in [1.54, 1.807) is 11.8 Å². The molecular weight excluding hydrogens is 286 g/mol. The third kappa shape index (κ3) is 4.00. The van der Waals surface area contributed by atoms with Gasteiger partial charge in [-0.15, -0.1) is 0 Å². The van der Waals surface area contributed by atoms with Crippen molar-refractivity contribution >= 4 is 23.6 Å². The predicted molar refractivity (Wildman–Crippen MR) is 84.2 cm³/mol. The summed E-state index contributed by atoms with van der Waals surface area (Å²) in [7, 11) is 0. The van der Waals surface area contributed by atoms with Crippen molar-refractivity contribution in [1.29, 1.82) is 0 Å². The van der Waals surface area contributed by atoms with Gasteiger partial charge in [-0.3, -0.25) is 4.79 Å². The zero-order valence-corrected chi connectivity index (χ0v) is 13.3. The summed E-state index contributed by atoms with van der Waals surface area (Å²) < 4.78 is 4.79. The summed E-state index contributed by atoms with van der Waals surface area (Å²) in [6.45, 7) is 5.26. The van der Waals surface area contributed by atoms with Crippen molar-refractivity contribution < 1.29 is 14.3 Å². The minimum Gasteiger partial charge on any atom is -0.459 e. The molecule has 0 aromatic heterocycles. The van der Waals surface area contributed by atoms with Gasteiger partial charge in [0.1, 0.15) is 0 Å². The molecule has 1 aliphatic heterocycles. The van der Waals surface area contributed by atoms with E-state index in [9.17, 15) is 9.59 Å². The maximum atomic E-state index is 12.0. The summed E-state index contributed by atoms with van der Waals surface area (Å²) >= 11 is 1.85. The summed E-state index contributed by atoms with van der Waals surface area (Å²) in [6.07, 6.45) is 0.862. The monoisotopic (exact) mass is 307 g/mol. The van der Waals surface area contributed by atoms with Gasteiger partial charge in [-0.1, -0.05) is 24.3 Å². The van der Waals surface area contributed by atoms with Crippen LogP contribution in [-0.4, -0.2) is 42.2 Å². The van der Waals surface area contributed by atoms with Gasteiger partial charge in [-0.05, 0) is 31.4 Å². The molecule has 1 atom stereocenters. The highest BCUT2D eigenvalue weighted by Crippen LogP contribution is 2.35. The first-order valence-electron chi connectivity index (χ1n) is 7.26. The lowest BCUT2D eigenvalue weighted by atomic mass is 10.0. The van der Waals surface area contributed by atoms with Crippen LogP contribution in [0.3, 0.4) is 0 Å². The van der Waals surface area contributed by atoms with Crippen molar-refractivity contribution in [3.63, 3.8) is 0 Å². The number of amides is 1. The smallest absolute Gasteiger partial charge is 0.397 e. The Hall–Kier alpha value is -1.49. The van der Waals surface area contributed by atoms with E-state index in [0.717, 1.165) is 12.2 Å². The van der Waals surface area contributed by atoms with Gasteiger partial charge in [-0.2, -0.15) is 11.8 Å². The van der Waals surface area contributed by atoms with E-state index < -0.39 is 11.9 Å². The van der Waals surface area contributed by atoms with Crippen LogP contribution in [0.5, 0.6) is 0 Å². The van der Waals surface area contributed by atoms with Gasteiger partial charge in [0.15, 0.2) is 0 Å². The maximum Gasteiger partial charge on any atom is 0.397 e. The summed E-state index contributed by atoms with van der Waals surface area (Å²) in [5.74, 6) is -0.413. The first-order valence-corrected chi connectivity index (χ1v) is 8.31. The molecule has 1 unspecified atom stereocenters. The summed E-state index contributed by atoms with van der Waals surface area (Å²) in [5, 5.41) is 0.381. The second kappa shape index (κ2) is 7.50. The van der Waals surface area contributed by atoms with Gasteiger partial charge < -0.3 is 9.64 Å². The average Bonchev–Trinajstić information content (AvgIpc) is 2.73.